The molecule has 0 saturated heterocycles. The van der Waals surface area contributed by atoms with Crippen LogP contribution < -0.4 is 4.90 Å². The summed E-state index contributed by atoms with van der Waals surface area (Å²) < 4.78 is 13.1. The summed E-state index contributed by atoms with van der Waals surface area (Å²) in [6.45, 7) is 4.67. The Morgan fingerprint density at radius 1 is 0.500 bits per heavy atom. The lowest BCUT2D eigenvalue weighted by molar-refractivity contribution is 0.620. The maximum Gasteiger partial charge on any atom is 0.227 e. The van der Waals surface area contributed by atoms with Crippen LogP contribution in [0.5, 0.6) is 0 Å². The second-order valence-electron chi connectivity index (χ2n) is 14.7. The zero-order valence-electron chi connectivity index (χ0n) is 29.9. The number of benzene rings is 8. The van der Waals surface area contributed by atoms with Crippen LogP contribution in [-0.2, 0) is 5.41 Å². The van der Waals surface area contributed by atoms with Crippen molar-refractivity contribution in [3.8, 4) is 33.7 Å². The number of furan rings is 1. The number of fused-ring (bicyclic) bond motifs is 8. The SMILES string of the molecule is CC1(C)c2ccccc2-c2c(N(c3cccc(-c4cccc5ccccc45)c3)c3cccc4oc5cc6nc(-c7ccccc7)oc6cc5c34)cccc21. The van der Waals surface area contributed by atoms with Gasteiger partial charge in [0.1, 0.15) is 16.7 Å². The summed E-state index contributed by atoms with van der Waals surface area (Å²) >= 11 is 0. The van der Waals surface area contributed by atoms with Crippen molar-refractivity contribution in [1.82, 2.24) is 4.98 Å². The quantitative estimate of drug-likeness (QED) is 0.180. The molecular formula is C50H34N2O2. The Labute approximate surface area is 312 Å². The normalized spacial score (nSPS) is 13.1. The lowest BCUT2D eigenvalue weighted by Crippen LogP contribution is -2.16. The maximum absolute atomic E-state index is 6.65. The third kappa shape index (κ3) is 4.53. The molecule has 0 radical (unpaired) electrons. The summed E-state index contributed by atoms with van der Waals surface area (Å²) in [5, 5.41) is 4.45. The van der Waals surface area contributed by atoms with Gasteiger partial charge in [0.15, 0.2) is 5.58 Å². The molecule has 0 atom stereocenters. The fraction of sp³-hybridized carbons (Fsp3) is 0.0600. The zero-order chi connectivity index (χ0) is 36.0. The summed E-state index contributed by atoms with van der Waals surface area (Å²) in [6.07, 6.45) is 0. The topological polar surface area (TPSA) is 42.4 Å². The van der Waals surface area contributed by atoms with E-state index in [1.807, 2.05) is 36.4 Å². The van der Waals surface area contributed by atoms with Crippen molar-refractivity contribution in [2.24, 2.45) is 0 Å². The van der Waals surface area contributed by atoms with Crippen molar-refractivity contribution >= 4 is 60.9 Å². The van der Waals surface area contributed by atoms with Crippen LogP contribution in [-0.4, -0.2) is 4.98 Å². The first-order chi connectivity index (χ1) is 26.5. The highest BCUT2D eigenvalue weighted by Gasteiger charge is 2.38. The number of aromatic nitrogens is 1. The average Bonchev–Trinajstić information content (AvgIpc) is 3.87. The molecule has 0 spiro atoms. The maximum atomic E-state index is 6.65. The van der Waals surface area contributed by atoms with E-state index in [4.69, 9.17) is 13.8 Å². The number of hydrogen-bond acceptors (Lipinski definition) is 4. The molecule has 2 heterocycles. The summed E-state index contributed by atoms with van der Waals surface area (Å²) in [7, 11) is 0. The van der Waals surface area contributed by atoms with Gasteiger partial charge in [0.05, 0.1) is 16.8 Å². The van der Waals surface area contributed by atoms with Gasteiger partial charge in [-0.2, -0.15) is 0 Å². The average molecular weight is 695 g/mol. The molecule has 0 unspecified atom stereocenters. The Morgan fingerprint density at radius 3 is 2.13 bits per heavy atom. The van der Waals surface area contributed by atoms with Crippen molar-refractivity contribution in [3.05, 3.63) is 181 Å². The number of nitrogens with zero attached hydrogens (tertiary/aromatic N) is 2. The van der Waals surface area contributed by atoms with Crippen molar-refractivity contribution in [1.29, 1.82) is 0 Å². The molecule has 1 aliphatic rings. The minimum Gasteiger partial charge on any atom is -0.456 e. The highest BCUT2D eigenvalue weighted by atomic mass is 16.4. The molecule has 54 heavy (non-hydrogen) atoms. The van der Waals surface area contributed by atoms with Crippen molar-refractivity contribution in [2.45, 2.75) is 19.3 Å². The molecule has 1 aliphatic carbocycles. The molecule has 0 aliphatic heterocycles. The van der Waals surface area contributed by atoms with Crippen LogP contribution >= 0.6 is 0 Å². The largest absolute Gasteiger partial charge is 0.456 e. The van der Waals surface area contributed by atoms with Gasteiger partial charge >= 0.3 is 0 Å². The van der Waals surface area contributed by atoms with E-state index in [0.29, 0.717) is 5.89 Å². The minimum atomic E-state index is -0.152. The standard InChI is InChI=1S/C50H34N2O2/c1-50(2)39-23-9-8-21-37(39)47-40(50)24-12-25-42(47)52(34-19-10-18-33(28-34)36-22-11-17-31-14-6-7-20-35(31)36)43-26-13-27-44-48(43)38-29-46-41(30-45(38)53-44)51-49(54-46)32-15-4-3-5-16-32/h3-30H,1-2H3. The molecule has 4 heteroatoms. The van der Waals surface area contributed by atoms with Gasteiger partial charge in [0, 0.05) is 33.7 Å². The molecule has 4 nitrogen and oxygen atoms in total. The smallest absolute Gasteiger partial charge is 0.227 e. The second kappa shape index (κ2) is 11.5. The Balaban J connectivity index is 1.19. The number of anilines is 3. The van der Waals surface area contributed by atoms with E-state index in [2.05, 4.69) is 152 Å². The predicted octanol–water partition coefficient (Wildman–Crippen LogP) is 14.0. The molecule has 0 bridgehead atoms. The fourth-order valence-corrected chi connectivity index (χ4v) is 8.74. The molecule has 11 rings (SSSR count). The molecule has 2 aromatic heterocycles. The van der Waals surface area contributed by atoms with Crippen LogP contribution in [0.1, 0.15) is 25.0 Å². The Morgan fingerprint density at radius 2 is 1.20 bits per heavy atom. The fourth-order valence-electron chi connectivity index (χ4n) is 8.74. The van der Waals surface area contributed by atoms with Crippen molar-refractivity contribution in [2.75, 3.05) is 4.90 Å². The number of hydrogen-bond donors (Lipinski definition) is 0. The van der Waals surface area contributed by atoms with E-state index < -0.39 is 0 Å². The monoisotopic (exact) mass is 694 g/mol. The number of rotatable bonds is 5. The Bertz CT molecular complexity index is 3090. The van der Waals surface area contributed by atoms with Crippen molar-refractivity contribution in [3.63, 3.8) is 0 Å². The Kier molecular flexibility index (Phi) is 6.56. The minimum absolute atomic E-state index is 0.152. The summed E-state index contributed by atoms with van der Waals surface area (Å²) in [5.74, 6) is 0.593. The lowest BCUT2D eigenvalue weighted by Gasteiger charge is -2.29. The molecule has 0 saturated carbocycles. The summed E-state index contributed by atoms with van der Waals surface area (Å²) in [4.78, 5) is 7.29. The van der Waals surface area contributed by atoms with Gasteiger partial charge in [-0.1, -0.05) is 129 Å². The van der Waals surface area contributed by atoms with Crippen LogP contribution in [0.25, 0.3) is 77.5 Å². The first kappa shape index (κ1) is 30.7. The van der Waals surface area contributed by atoms with E-state index in [0.717, 1.165) is 61.2 Å². The molecular weight excluding hydrogens is 661 g/mol. The molecule has 0 amide bonds. The van der Waals surface area contributed by atoms with Gasteiger partial charge < -0.3 is 13.7 Å². The van der Waals surface area contributed by atoms with E-state index >= 15 is 0 Å². The first-order valence-corrected chi connectivity index (χ1v) is 18.5. The van der Waals surface area contributed by atoms with Crippen LogP contribution in [0.4, 0.5) is 17.1 Å². The van der Waals surface area contributed by atoms with Gasteiger partial charge in [0.2, 0.25) is 5.89 Å². The summed E-state index contributed by atoms with van der Waals surface area (Å²) in [6, 6.07) is 60.3. The van der Waals surface area contributed by atoms with Gasteiger partial charge in [-0.15, -0.1) is 0 Å². The highest BCUT2D eigenvalue weighted by molar-refractivity contribution is 6.16. The van der Waals surface area contributed by atoms with Crippen LogP contribution in [0.2, 0.25) is 0 Å². The lowest BCUT2D eigenvalue weighted by atomic mass is 9.82. The molecule has 0 fully saturated rings. The second-order valence-corrected chi connectivity index (χ2v) is 14.7. The molecule has 0 N–H and O–H groups in total. The predicted molar refractivity (Wildman–Crippen MR) is 222 cm³/mol. The van der Waals surface area contributed by atoms with Gasteiger partial charge in [0.25, 0.3) is 0 Å². The third-order valence-electron chi connectivity index (χ3n) is 11.3. The molecule has 8 aromatic carbocycles. The van der Waals surface area contributed by atoms with E-state index in [1.54, 1.807) is 0 Å². The van der Waals surface area contributed by atoms with Crippen LogP contribution in [0.15, 0.2) is 179 Å². The van der Waals surface area contributed by atoms with Crippen molar-refractivity contribution < 1.29 is 8.83 Å². The van der Waals surface area contributed by atoms with Gasteiger partial charge in [-0.3, -0.25) is 0 Å². The number of oxazole rings is 1. The van der Waals surface area contributed by atoms with E-state index in [-0.39, 0.29) is 5.41 Å². The van der Waals surface area contributed by atoms with Gasteiger partial charge in [-0.05, 0) is 87.1 Å². The van der Waals surface area contributed by atoms with E-state index in [9.17, 15) is 0 Å². The van der Waals surface area contributed by atoms with Crippen LogP contribution in [0.3, 0.4) is 0 Å². The molecule has 256 valence electrons. The third-order valence-corrected chi connectivity index (χ3v) is 11.3. The Hall–Kier alpha value is -6.91. The zero-order valence-corrected chi connectivity index (χ0v) is 29.9. The first-order valence-electron chi connectivity index (χ1n) is 18.5. The van der Waals surface area contributed by atoms with Gasteiger partial charge in [-0.25, -0.2) is 4.98 Å². The van der Waals surface area contributed by atoms with Crippen LogP contribution in [0, 0.1) is 0 Å². The molecule has 10 aromatic rings. The van der Waals surface area contributed by atoms with E-state index in [1.165, 1.54) is 38.6 Å². The highest BCUT2D eigenvalue weighted by Crippen LogP contribution is 2.55. The summed E-state index contributed by atoms with van der Waals surface area (Å²) in [5.41, 5.74) is 14.6.